The number of hydrogen-bond acceptors (Lipinski definition) is 1. The Bertz CT molecular complexity index is 215. The highest BCUT2D eigenvalue weighted by molar-refractivity contribution is 5.91. The molecule has 0 heterocycles. The Kier molecular flexibility index (Phi) is 3.71. The van der Waals surface area contributed by atoms with Crippen LogP contribution in [0.15, 0.2) is 11.6 Å². The van der Waals surface area contributed by atoms with Crippen LogP contribution in [-0.4, -0.2) is 5.78 Å². The fourth-order valence-corrected chi connectivity index (χ4v) is 2.26. The van der Waals surface area contributed by atoms with Crippen molar-refractivity contribution < 1.29 is 4.79 Å². The van der Waals surface area contributed by atoms with E-state index in [1.165, 1.54) is 24.8 Å². The van der Waals surface area contributed by atoms with Gasteiger partial charge in [0.2, 0.25) is 0 Å². The molecule has 0 bridgehead atoms. The lowest BCUT2D eigenvalue weighted by molar-refractivity contribution is -0.116. The molecule has 0 radical (unpaired) electrons. The lowest BCUT2D eigenvalue weighted by Crippen LogP contribution is -2.21. The minimum absolute atomic E-state index is 0.317. The molecule has 0 fully saturated rings. The van der Waals surface area contributed by atoms with E-state index in [0.29, 0.717) is 17.6 Å². The number of rotatable bonds is 3. The molecule has 0 saturated carbocycles. The first-order valence-electron chi connectivity index (χ1n) is 5.36. The molecule has 1 nitrogen and oxygen atoms in total. The number of carbonyl (C=O) groups is 1. The topological polar surface area (TPSA) is 17.1 Å². The fraction of sp³-hybridized carbons (Fsp3) is 0.750. The Hall–Kier alpha value is -0.590. The summed E-state index contributed by atoms with van der Waals surface area (Å²) in [6.45, 7) is 6.53. The predicted molar refractivity (Wildman–Crippen MR) is 55.6 cm³/mol. The van der Waals surface area contributed by atoms with Gasteiger partial charge in [0.25, 0.3) is 0 Å². The lowest BCUT2D eigenvalue weighted by atomic mass is 9.77. The van der Waals surface area contributed by atoms with Gasteiger partial charge in [-0.25, -0.2) is 0 Å². The van der Waals surface area contributed by atoms with Crippen LogP contribution in [0.25, 0.3) is 0 Å². The van der Waals surface area contributed by atoms with Crippen LogP contribution in [0.5, 0.6) is 0 Å². The van der Waals surface area contributed by atoms with Crippen molar-refractivity contribution in [1.29, 1.82) is 0 Å². The molecule has 0 aliphatic heterocycles. The molecule has 74 valence electrons. The van der Waals surface area contributed by atoms with Gasteiger partial charge in [-0.05, 0) is 31.3 Å². The van der Waals surface area contributed by atoms with Gasteiger partial charge in [0, 0.05) is 6.42 Å². The highest BCUT2D eigenvalue weighted by Crippen LogP contribution is 2.32. The van der Waals surface area contributed by atoms with Crippen LogP contribution in [0.1, 0.15) is 46.5 Å². The molecule has 1 rings (SSSR count). The van der Waals surface area contributed by atoms with Crippen molar-refractivity contribution >= 4 is 5.78 Å². The zero-order valence-electron chi connectivity index (χ0n) is 8.97. The van der Waals surface area contributed by atoms with Crippen LogP contribution in [0.2, 0.25) is 0 Å². The van der Waals surface area contributed by atoms with E-state index in [1.807, 2.05) is 6.08 Å². The number of allylic oxidation sites excluding steroid dienone is 2. The minimum atomic E-state index is 0.317. The Morgan fingerprint density at radius 3 is 2.77 bits per heavy atom. The summed E-state index contributed by atoms with van der Waals surface area (Å²) in [7, 11) is 0. The van der Waals surface area contributed by atoms with Gasteiger partial charge in [0.1, 0.15) is 0 Å². The molecule has 2 unspecified atom stereocenters. The van der Waals surface area contributed by atoms with Crippen molar-refractivity contribution in [1.82, 2.24) is 0 Å². The summed E-state index contributed by atoms with van der Waals surface area (Å²) in [4.78, 5) is 11.2. The van der Waals surface area contributed by atoms with Gasteiger partial charge < -0.3 is 0 Å². The van der Waals surface area contributed by atoms with E-state index >= 15 is 0 Å². The fourth-order valence-electron chi connectivity index (χ4n) is 2.26. The van der Waals surface area contributed by atoms with E-state index < -0.39 is 0 Å². The van der Waals surface area contributed by atoms with Crippen molar-refractivity contribution in [3.05, 3.63) is 11.6 Å². The van der Waals surface area contributed by atoms with Crippen LogP contribution in [0, 0.1) is 11.8 Å². The van der Waals surface area contributed by atoms with E-state index in [2.05, 4.69) is 20.8 Å². The SMILES string of the molecule is CCCCC1C(C)=CC(=O)CC1C. The van der Waals surface area contributed by atoms with E-state index in [4.69, 9.17) is 0 Å². The highest BCUT2D eigenvalue weighted by Gasteiger charge is 2.24. The van der Waals surface area contributed by atoms with E-state index in [1.54, 1.807) is 0 Å². The molecule has 1 aliphatic carbocycles. The number of unbranched alkanes of at least 4 members (excludes halogenated alkanes) is 1. The maximum Gasteiger partial charge on any atom is 0.155 e. The van der Waals surface area contributed by atoms with Crippen LogP contribution >= 0.6 is 0 Å². The van der Waals surface area contributed by atoms with Gasteiger partial charge in [-0.15, -0.1) is 0 Å². The third kappa shape index (κ3) is 2.68. The monoisotopic (exact) mass is 180 g/mol. The maximum absolute atomic E-state index is 11.2. The molecule has 1 heteroatoms. The summed E-state index contributed by atoms with van der Waals surface area (Å²) in [5.74, 6) is 1.54. The maximum atomic E-state index is 11.2. The van der Waals surface area contributed by atoms with Gasteiger partial charge in [-0.3, -0.25) is 4.79 Å². The van der Waals surface area contributed by atoms with Gasteiger partial charge in [-0.2, -0.15) is 0 Å². The standard InChI is InChI=1S/C12H20O/c1-4-5-6-12-9(2)7-11(13)8-10(12)3/h7,10,12H,4-6,8H2,1-3H3. The summed E-state index contributed by atoms with van der Waals surface area (Å²) in [6, 6.07) is 0. The van der Waals surface area contributed by atoms with Gasteiger partial charge >= 0.3 is 0 Å². The highest BCUT2D eigenvalue weighted by atomic mass is 16.1. The number of ketones is 1. The van der Waals surface area contributed by atoms with Crippen molar-refractivity contribution in [2.24, 2.45) is 11.8 Å². The van der Waals surface area contributed by atoms with Gasteiger partial charge in [0.15, 0.2) is 5.78 Å². The average Bonchev–Trinajstić information content (AvgIpc) is 2.02. The molecule has 0 saturated heterocycles. The molecule has 0 spiro atoms. The first kappa shape index (κ1) is 10.5. The number of carbonyl (C=O) groups excluding carboxylic acids is 1. The van der Waals surface area contributed by atoms with Crippen molar-refractivity contribution in [3.63, 3.8) is 0 Å². The summed E-state index contributed by atoms with van der Waals surface area (Å²) in [6.07, 6.45) is 6.40. The summed E-state index contributed by atoms with van der Waals surface area (Å²) >= 11 is 0. The number of hydrogen-bond donors (Lipinski definition) is 0. The molecule has 0 aromatic heterocycles. The first-order chi connectivity index (χ1) is 6.15. The normalized spacial score (nSPS) is 28.8. The van der Waals surface area contributed by atoms with Crippen molar-refractivity contribution in [2.75, 3.05) is 0 Å². The van der Waals surface area contributed by atoms with Crippen LogP contribution in [-0.2, 0) is 4.79 Å². The van der Waals surface area contributed by atoms with E-state index in [0.717, 1.165) is 6.42 Å². The molecule has 2 atom stereocenters. The lowest BCUT2D eigenvalue weighted by Gasteiger charge is -2.27. The van der Waals surface area contributed by atoms with Crippen LogP contribution < -0.4 is 0 Å². The molecule has 0 N–H and O–H groups in total. The second-order valence-electron chi connectivity index (χ2n) is 4.28. The van der Waals surface area contributed by atoms with Crippen LogP contribution in [0.3, 0.4) is 0 Å². The Morgan fingerprint density at radius 1 is 1.54 bits per heavy atom. The molecule has 13 heavy (non-hydrogen) atoms. The van der Waals surface area contributed by atoms with E-state index in [9.17, 15) is 4.79 Å². The third-order valence-electron chi connectivity index (χ3n) is 3.05. The zero-order chi connectivity index (χ0) is 9.84. The van der Waals surface area contributed by atoms with Gasteiger partial charge in [0.05, 0.1) is 0 Å². The van der Waals surface area contributed by atoms with Crippen LogP contribution in [0.4, 0.5) is 0 Å². The van der Waals surface area contributed by atoms with Gasteiger partial charge in [-0.1, -0.05) is 32.3 Å². The quantitative estimate of drug-likeness (QED) is 0.651. The summed E-state index contributed by atoms with van der Waals surface area (Å²) in [5, 5.41) is 0. The molecule has 0 amide bonds. The smallest absolute Gasteiger partial charge is 0.155 e. The molecule has 1 aliphatic rings. The first-order valence-corrected chi connectivity index (χ1v) is 5.36. The molecule has 0 aromatic rings. The second kappa shape index (κ2) is 4.59. The average molecular weight is 180 g/mol. The Balaban J connectivity index is 2.61. The summed E-state index contributed by atoms with van der Waals surface area (Å²) < 4.78 is 0. The minimum Gasteiger partial charge on any atom is -0.295 e. The predicted octanol–water partition coefficient (Wildman–Crippen LogP) is 3.35. The largest absolute Gasteiger partial charge is 0.295 e. The zero-order valence-corrected chi connectivity index (χ0v) is 8.97. The second-order valence-corrected chi connectivity index (χ2v) is 4.28. The summed E-state index contributed by atoms with van der Waals surface area (Å²) in [5.41, 5.74) is 1.30. The Labute approximate surface area is 81.2 Å². The molecular weight excluding hydrogens is 160 g/mol. The van der Waals surface area contributed by atoms with Crippen molar-refractivity contribution in [3.8, 4) is 0 Å². The molecule has 0 aromatic carbocycles. The van der Waals surface area contributed by atoms with Crippen molar-refractivity contribution in [2.45, 2.75) is 46.5 Å². The van der Waals surface area contributed by atoms with E-state index in [-0.39, 0.29) is 0 Å². The molecular formula is C12H20O. The third-order valence-corrected chi connectivity index (χ3v) is 3.05. The Morgan fingerprint density at radius 2 is 2.23 bits per heavy atom.